The normalized spacial score (nSPS) is 12.7. The molecule has 0 rings (SSSR count). The third kappa shape index (κ3) is 11.4. The van der Waals surface area contributed by atoms with Crippen molar-refractivity contribution < 1.29 is 14.6 Å². The predicted molar refractivity (Wildman–Crippen MR) is 60.2 cm³/mol. The molecule has 0 aromatic rings. The highest BCUT2D eigenvalue weighted by Gasteiger charge is 2.16. The van der Waals surface area contributed by atoms with E-state index in [1.54, 1.807) is 0 Å². The summed E-state index contributed by atoms with van der Waals surface area (Å²) in [5.41, 5.74) is -0.162. The Balaban J connectivity index is 3.60. The fraction of sp³-hybridized carbons (Fsp3) is 0.917. The van der Waals surface area contributed by atoms with E-state index in [1.165, 1.54) is 0 Å². The van der Waals surface area contributed by atoms with Gasteiger partial charge in [-0.3, -0.25) is 4.89 Å². The van der Waals surface area contributed by atoms with Gasteiger partial charge < -0.3 is 0 Å². The van der Waals surface area contributed by atoms with Gasteiger partial charge in [-0.05, 0) is 39.0 Å². The smallest absolute Gasteiger partial charge is 0.298 e. The maximum Gasteiger partial charge on any atom is 0.342 e. The average molecular weight is 216 g/mol. The molecule has 0 saturated carbocycles. The molecule has 0 bridgehead atoms. The van der Waals surface area contributed by atoms with Crippen LogP contribution in [0.25, 0.3) is 0 Å². The van der Waals surface area contributed by atoms with Gasteiger partial charge in [0.25, 0.3) is 0 Å². The minimum absolute atomic E-state index is 0.269. The molecule has 3 nitrogen and oxygen atoms in total. The zero-order valence-electron chi connectivity index (χ0n) is 10.8. The van der Waals surface area contributed by atoms with Gasteiger partial charge in [0, 0.05) is 6.42 Å². The Labute approximate surface area is 93.1 Å². The van der Waals surface area contributed by atoms with Crippen LogP contribution in [0, 0.1) is 5.41 Å². The molecule has 0 unspecified atom stereocenters. The molecule has 0 aliphatic carbocycles. The van der Waals surface area contributed by atoms with Crippen LogP contribution in [0.2, 0.25) is 0 Å². The Morgan fingerprint density at radius 1 is 1.07 bits per heavy atom. The van der Waals surface area contributed by atoms with Crippen molar-refractivity contribution in [1.82, 2.24) is 0 Å². The van der Waals surface area contributed by atoms with Crippen LogP contribution in [0.5, 0.6) is 0 Å². The number of rotatable bonds is 4. The summed E-state index contributed by atoms with van der Waals surface area (Å²) >= 11 is 0. The highest BCUT2D eigenvalue weighted by molar-refractivity contribution is 5.68. The molecule has 0 aromatic heterocycles. The molecule has 0 N–H and O–H groups in total. The largest absolute Gasteiger partial charge is 0.342 e. The summed E-state index contributed by atoms with van der Waals surface area (Å²) < 4.78 is 0. The molecule has 0 fully saturated rings. The van der Waals surface area contributed by atoms with Gasteiger partial charge in [-0.2, -0.15) is 4.89 Å². The van der Waals surface area contributed by atoms with E-state index in [0.717, 1.165) is 12.8 Å². The Kier molecular flexibility index (Phi) is 5.29. The minimum atomic E-state index is -0.431. The third-order valence-electron chi connectivity index (χ3n) is 1.69. The molecule has 0 heterocycles. The standard InChI is InChI=1S/C12H24O3/c1-11(2,3)9-7-8-10(13)14-15-12(4,5)6/h7-9H2,1-6H3. The summed E-state index contributed by atoms with van der Waals surface area (Å²) in [6.07, 6.45) is 2.28. The molecule has 90 valence electrons. The van der Waals surface area contributed by atoms with Gasteiger partial charge >= 0.3 is 5.97 Å². The summed E-state index contributed by atoms with van der Waals surface area (Å²) in [7, 11) is 0. The van der Waals surface area contributed by atoms with Crippen LogP contribution in [0.3, 0.4) is 0 Å². The van der Waals surface area contributed by atoms with E-state index < -0.39 is 5.60 Å². The van der Waals surface area contributed by atoms with E-state index in [9.17, 15) is 4.79 Å². The van der Waals surface area contributed by atoms with Crippen LogP contribution < -0.4 is 0 Å². The molecule has 0 aliphatic rings. The summed E-state index contributed by atoms with van der Waals surface area (Å²) in [4.78, 5) is 20.8. The number of carbonyl (C=O) groups excluding carboxylic acids is 1. The van der Waals surface area contributed by atoms with Crippen molar-refractivity contribution in [1.29, 1.82) is 0 Å². The number of hydrogen-bond acceptors (Lipinski definition) is 3. The average Bonchev–Trinajstić information content (AvgIpc) is 1.97. The fourth-order valence-electron chi connectivity index (χ4n) is 0.976. The maximum atomic E-state index is 11.2. The molecule has 0 atom stereocenters. The summed E-state index contributed by atoms with van der Waals surface area (Å²) in [6, 6.07) is 0. The van der Waals surface area contributed by atoms with Crippen molar-refractivity contribution in [3.8, 4) is 0 Å². The molecule has 0 amide bonds. The quantitative estimate of drug-likeness (QED) is 0.533. The summed E-state index contributed by atoms with van der Waals surface area (Å²) in [6.45, 7) is 12.0. The van der Waals surface area contributed by atoms with Gasteiger partial charge in [0.15, 0.2) is 0 Å². The lowest BCUT2D eigenvalue weighted by atomic mass is 9.90. The Bertz CT molecular complexity index is 196. The third-order valence-corrected chi connectivity index (χ3v) is 1.69. The highest BCUT2D eigenvalue weighted by Crippen LogP contribution is 2.21. The van der Waals surface area contributed by atoms with Crippen molar-refractivity contribution in [3.63, 3.8) is 0 Å². The van der Waals surface area contributed by atoms with E-state index in [4.69, 9.17) is 4.89 Å². The molecular weight excluding hydrogens is 192 g/mol. The Morgan fingerprint density at radius 2 is 1.60 bits per heavy atom. The van der Waals surface area contributed by atoms with Crippen LogP contribution in [-0.2, 0) is 14.6 Å². The van der Waals surface area contributed by atoms with Gasteiger partial charge in [0.1, 0.15) is 5.60 Å². The minimum Gasteiger partial charge on any atom is -0.298 e. The topological polar surface area (TPSA) is 35.5 Å². The lowest BCUT2D eigenvalue weighted by molar-refractivity contribution is -0.320. The van der Waals surface area contributed by atoms with Crippen molar-refractivity contribution in [2.45, 2.75) is 66.4 Å². The van der Waals surface area contributed by atoms with Crippen LogP contribution in [-0.4, -0.2) is 11.6 Å². The molecular formula is C12H24O3. The fourth-order valence-corrected chi connectivity index (χ4v) is 0.976. The SMILES string of the molecule is CC(C)(C)CCCC(=O)OOC(C)(C)C. The molecule has 0 spiro atoms. The van der Waals surface area contributed by atoms with Crippen LogP contribution >= 0.6 is 0 Å². The van der Waals surface area contributed by atoms with Gasteiger partial charge in [-0.15, -0.1) is 0 Å². The van der Waals surface area contributed by atoms with Gasteiger partial charge in [-0.25, -0.2) is 4.79 Å². The lowest BCUT2D eigenvalue weighted by Gasteiger charge is -2.18. The highest BCUT2D eigenvalue weighted by atomic mass is 17.2. The second kappa shape index (κ2) is 5.50. The molecule has 3 heteroatoms. The predicted octanol–water partition coefficient (Wildman–Crippen LogP) is 3.48. The Hall–Kier alpha value is -0.570. The van der Waals surface area contributed by atoms with Crippen molar-refractivity contribution >= 4 is 5.97 Å². The second-order valence-corrected chi connectivity index (χ2v) is 6.07. The van der Waals surface area contributed by atoms with Crippen molar-refractivity contribution in [2.24, 2.45) is 5.41 Å². The number of carbonyl (C=O) groups is 1. The molecule has 0 aromatic carbocycles. The summed E-state index contributed by atoms with van der Waals surface area (Å²) in [5.74, 6) is -0.283. The van der Waals surface area contributed by atoms with Crippen molar-refractivity contribution in [3.05, 3.63) is 0 Å². The molecule has 0 radical (unpaired) electrons. The zero-order valence-corrected chi connectivity index (χ0v) is 10.8. The van der Waals surface area contributed by atoms with Gasteiger partial charge in [0.2, 0.25) is 0 Å². The van der Waals surface area contributed by atoms with Crippen molar-refractivity contribution in [2.75, 3.05) is 0 Å². The van der Waals surface area contributed by atoms with E-state index in [1.807, 2.05) is 20.8 Å². The van der Waals surface area contributed by atoms with Crippen LogP contribution in [0.15, 0.2) is 0 Å². The first-order chi connectivity index (χ1) is 6.60. The molecule has 0 aliphatic heterocycles. The maximum absolute atomic E-state index is 11.2. The first-order valence-corrected chi connectivity index (χ1v) is 5.49. The van der Waals surface area contributed by atoms with Crippen LogP contribution in [0.1, 0.15) is 60.8 Å². The lowest BCUT2D eigenvalue weighted by Crippen LogP contribution is -2.22. The van der Waals surface area contributed by atoms with Gasteiger partial charge in [0.05, 0.1) is 0 Å². The first kappa shape index (κ1) is 14.4. The number of hydrogen-bond donors (Lipinski definition) is 0. The van der Waals surface area contributed by atoms with E-state index in [-0.39, 0.29) is 11.4 Å². The van der Waals surface area contributed by atoms with E-state index >= 15 is 0 Å². The Morgan fingerprint density at radius 3 is 2.00 bits per heavy atom. The second-order valence-electron chi connectivity index (χ2n) is 6.07. The van der Waals surface area contributed by atoms with Gasteiger partial charge in [-0.1, -0.05) is 20.8 Å². The molecule has 15 heavy (non-hydrogen) atoms. The molecule has 0 saturated heterocycles. The van der Waals surface area contributed by atoms with E-state index in [0.29, 0.717) is 6.42 Å². The monoisotopic (exact) mass is 216 g/mol. The van der Waals surface area contributed by atoms with Crippen LogP contribution in [0.4, 0.5) is 0 Å². The van der Waals surface area contributed by atoms with E-state index in [2.05, 4.69) is 25.7 Å². The zero-order chi connectivity index (χ0) is 12.1. The first-order valence-electron chi connectivity index (χ1n) is 5.49. The summed E-state index contributed by atoms with van der Waals surface area (Å²) in [5, 5.41) is 0.